The third-order valence-corrected chi connectivity index (χ3v) is 7.93. The van der Waals surface area contributed by atoms with Crippen LogP contribution in [0.4, 0.5) is 39.5 Å². The summed E-state index contributed by atoms with van der Waals surface area (Å²) in [7, 11) is -5.17. The van der Waals surface area contributed by atoms with Gasteiger partial charge in [0.05, 0.1) is 7.11 Å². The molecule has 32 heavy (non-hydrogen) atoms. The van der Waals surface area contributed by atoms with Gasteiger partial charge in [0.25, 0.3) is 0 Å². The number of hydrogen-bond acceptors (Lipinski definition) is 4. The molecule has 186 valence electrons. The van der Waals surface area contributed by atoms with Crippen LogP contribution in [0.1, 0.15) is 24.8 Å². The highest BCUT2D eigenvalue weighted by molar-refractivity contribution is 7.97. The molecule has 15 heteroatoms. The second-order valence-corrected chi connectivity index (χ2v) is 10.4. The van der Waals surface area contributed by atoms with Crippen molar-refractivity contribution in [3.63, 3.8) is 0 Å². The first-order valence-electron chi connectivity index (χ1n) is 8.79. The maximum Gasteiger partial charge on any atom is 0.460 e. The summed E-state index contributed by atoms with van der Waals surface area (Å²) < 4.78 is 141. The molecular weight excluding hydrogens is 503 g/mol. The van der Waals surface area contributed by atoms with Crippen molar-refractivity contribution in [2.45, 2.75) is 54.4 Å². The lowest BCUT2D eigenvalue weighted by Gasteiger charge is -2.34. The minimum absolute atomic E-state index is 0.515. The summed E-state index contributed by atoms with van der Waals surface area (Å²) in [5.74, 6) is -11.0. The maximum absolute atomic E-state index is 12.2. The minimum Gasteiger partial charge on any atom is -0.743 e. The predicted molar refractivity (Wildman–Crippen MR) is 97.5 cm³/mol. The summed E-state index contributed by atoms with van der Waals surface area (Å²) in [6.07, 6.45) is -2.91. The monoisotopic (exact) mass is 522 g/mol. The SMILES string of the molecule is COc1ccc([S+]2CCCCC2)c(C)c1.O=S(=O)([O-])C(F)(F)C(F)(F)C(F)(F)C(F)(F)F. The molecule has 0 unspecified atom stereocenters. The van der Waals surface area contributed by atoms with Gasteiger partial charge >= 0.3 is 23.3 Å². The Balaban J connectivity index is 0.000000321. The lowest BCUT2D eigenvalue weighted by molar-refractivity contribution is -0.382. The van der Waals surface area contributed by atoms with Gasteiger partial charge in [0, 0.05) is 16.5 Å². The second kappa shape index (κ2) is 9.87. The first-order chi connectivity index (χ1) is 14.3. The molecule has 2 rings (SSSR count). The number of ether oxygens (including phenoxy) is 1. The Morgan fingerprint density at radius 2 is 1.41 bits per heavy atom. The van der Waals surface area contributed by atoms with Crippen LogP contribution in [0.3, 0.4) is 0 Å². The number of alkyl halides is 9. The number of rotatable bonds is 5. The molecule has 1 saturated heterocycles. The molecule has 1 aliphatic rings. The molecule has 0 amide bonds. The summed E-state index contributed by atoms with van der Waals surface area (Å²) in [5.41, 5.74) is 1.40. The van der Waals surface area contributed by atoms with E-state index >= 15 is 0 Å². The van der Waals surface area contributed by atoms with Crippen molar-refractivity contribution in [1.29, 1.82) is 0 Å². The number of hydrogen-bond donors (Lipinski definition) is 0. The zero-order valence-electron chi connectivity index (χ0n) is 16.6. The topological polar surface area (TPSA) is 66.4 Å². The average molecular weight is 522 g/mol. The van der Waals surface area contributed by atoms with Gasteiger partial charge in [-0.25, -0.2) is 8.42 Å². The van der Waals surface area contributed by atoms with Crippen LogP contribution in [-0.4, -0.2) is 54.9 Å². The fourth-order valence-corrected chi connectivity index (χ4v) is 5.61. The number of halogens is 9. The summed E-state index contributed by atoms with van der Waals surface area (Å²) in [4.78, 5) is 1.57. The van der Waals surface area contributed by atoms with Gasteiger partial charge in [-0.05, 0) is 44.4 Å². The molecule has 0 spiro atoms. The van der Waals surface area contributed by atoms with E-state index in [-0.39, 0.29) is 0 Å². The predicted octanol–water partition coefficient (Wildman–Crippen LogP) is 5.12. The first-order valence-corrected chi connectivity index (χ1v) is 11.8. The summed E-state index contributed by atoms with van der Waals surface area (Å²) in [6, 6.07) is 6.53. The van der Waals surface area contributed by atoms with E-state index in [1.807, 2.05) is 0 Å². The Morgan fingerprint density at radius 3 is 1.78 bits per heavy atom. The van der Waals surface area contributed by atoms with Crippen LogP contribution >= 0.6 is 0 Å². The van der Waals surface area contributed by atoms with Gasteiger partial charge in [-0.3, -0.25) is 0 Å². The molecule has 0 N–H and O–H groups in total. The standard InChI is InChI=1S/C13H19OS.C4HF9O3S/c1-11-10-12(14-2)6-7-13(11)15-8-4-3-5-9-15;5-1(6,3(9,10)11)2(7,8)4(12,13)17(14,15)16/h6-7,10H,3-5,8-9H2,1-2H3;(H,14,15,16)/q+1;/p-1. The average Bonchev–Trinajstić information content (AvgIpc) is 2.67. The highest BCUT2D eigenvalue weighted by Gasteiger charge is 2.83. The van der Waals surface area contributed by atoms with E-state index in [0.717, 1.165) is 5.75 Å². The van der Waals surface area contributed by atoms with Crippen molar-refractivity contribution in [3.05, 3.63) is 23.8 Å². The molecule has 0 radical (unpaired) electrons. The first kappa shape index (κ1) is 28.7. The fraction of sp³-hybridized carbons (Fsp3) is 0.647. The highest BCUT2D eigenvalue weighted by Crippen LogP contribution is 2.54. The quantitative estimate of drug-likeness (QED) is 0.306. The van der Waals surface area contributed by atoms with Crippen LogP contribution in [0.15, 0.2) is 23.1 Å². The molecule has 1 heterocycles. The summed E-state index contributed by atoms with van der Waals surface area (Å²) in [5, 5.41) is -7.11. The van der Waals surface area contributed by atoms with Gasteiger partial charge in [0.15, 0.2) is 15.0 Å². The molecule has 0 saturated carbocycles. The van der Waals surface area contributed by atoms with Gasteiger partial charge in [0.2, 0.25) is 0 Å². The van der Waals surface area contributed by atoms with Crippen LogP contribution in [0.5, 0.6) is 5.75 Å². The van der Waals surface area contributed by atoms with E-state index in [9.17, 15) is 52.5 Å². The largest absolute Gasteiger partial charge is 0.743 e. The Labute approximate surface area is 181 Å². The van der Waals surface area contributed by atoms with Gasteiger partial charge < -0.3 is 9.29 Å². The molecule has 1 fully saturated rings. The lowest BCUT2D eigenvalue weighted by Crippen LogP contribution is -2.63. The number of benzene rings is 1. The van der Waals surface area contributed by atoms with Crippen LogP contribution in [0.2, 0.25) is 0 Å². The van der Waals surface area contributed by atoms with Crippen LogP contribution < -0.4 is 4.74 Å². The van der Waals surface area contributed by atoms with Gasteiger partial charge in [-0.15, -0.1) is 0 Å². The Kier molecular flexibility index (Phi) is 8.85. The van der Waals surface area contributed by atoms with Gasteiger partial charge in [-0.2, -0.15) is 39.5 Å². The van der Waals surface area contributed by atoms with Crippen molar-refractivity contribution in [2.75, 3.05) is 18.6 Å². The van der Waals surface area contributed by atoms with E-state index in [0.29, 0.717) is 10.9 Å². The lowest BCUT2D eigenvalue weighted by atomic mass is 10.1. The smallest absolute Gasteiger partial charge is 0.460 e. The van der Waals surface area contributed by atoms with Crippen molar-refractivity contribution in [2.24, 2.45) is 0 Å². The van der Waals surface area contributed by atoms with Crippen molar-refractivity contribution < 1.29 is 57.2 Å². The van der Waals surface area contributed by atoms with E-state index in [1.54, 1.807) is 12.0 Å². The summed E-state index contributed by atoms with van der Waals surface area (Å²) >= 11 is 0. The fourth-order valence-electron chi connectivity index (χ4n) is 2.64. The zero-order valence-corrected chi connectivity index (χ0v) is 18.3. The Morgan fingerprint density at radius 1 is 0.906 bits per heavy atom. The van der Waals surface area contributed by atoms with Gasteiger partial charge in [0.1, 0.15) is 17.3 Å². The molecule has 0 aromatic heterocycles. The highest BCUT2D eigenvalue weighted by atomic mass is 32.2. The molecule has 1 aromatic rings. The normalized spacial score (nSPS) is 16.9. The molecule has 1 aliphatic heterocycles. The van der Waals surface area contributed by atoms with Crippen molar-refractivity contribution >= 4 is 21.0 Å². The summed E-state index contributed by atoms with van der Waals surface area (Å²) in [6.45, 7) is 2.21. The minimum atomic E-state index is -7.43. The second-order valence-electron chi connectivity index (χ2n) is 6.71. The van der Waals surface area contributed by atoms with Crippen molar-refractivity contribution in [3.8, 4) is 5.75 Å². The van der Waals surface area contributed by atoms with E-state index in [2.05, 4.69) is 25.1 Å². The molecular formula is C17H19F9O4S2. The maximum atomic E-state index is 12.2. The molecule has 0 aliphatic carbocycles. The van der Waals surface area contributed by atoms with Crippen LogP contribution in [0, 0.1) is 6.92 Å². The van der Waals surface area contributed by atoms with E-state index in [1.165, 1.54) is 36.3 Å². The molecule has 4 nitrogen and oxygen atoms in total. The number of methoxy groups -OCH3 is 1. The third kappa shape index (κ3) is 5.76. The van der Waals surface area contributed by atoms with Crippen LogP contribution in [-0.2, 0) is 21.0 Å². The Bertz CT molecular complexity index is 880. The van der Waals surface area contributed by atoms with E-state index < -0.39 is 33.4 Å². The molecule has 0 bridgehead atoms. The molecule has 1 aromatic carbocycles. The molecule has 0 atom stereocenters. The Hall–Kier alpha value is -1.35. The van der Waals surface area contributed by atoms with E-state index in [4.69, 9.17) is 4.74 Å². The zero-order chi connectivity index (χ0) is 25.2. The van der Waals surface area contributed by atoms with Crippen LogP contribution in [0.25, 0.3) is 0 Å². The van der Waals surface area contributed by atoms with Gasteiger partial charge in [-0.1, -0.05) is 0 Å². The third-order valence-electron chi connectivity index (χ3n) is 4.40. The van der Waals surface area contributed by atoms with Crippen molar-refractivity contribution in [1.82, 2.24) is 0 Å². The number of aryl methyl sites for hydroxylation is 1.